The number of rotatable bonds is 6. The summed E-state index contributed by atoms with van der Waals surface area (Å²) in [7, 11) is 1.66. The number of anilines is 3. The van der Waals surface area contributed by atoms with Gasteiger partial charge in [-0.25, -0.2) is 0 Å². The third-order valence-electron chi connectivity index (χ3n) is 6.70. The summed E-state index contributed by atoms with van der Waals surface area (Å²) in [5.41, 5.74) is 11.7. The lowest BCUT2D eigenvalue weighted by Gasteiger charge is -2.32. The minimum Gasteiger partial charge on any atom is -0.495 e. The molecule has 2 aliphatic rings. The topological polar surface area (TPSA) is 51.0 Å². The van der Waals surface area contributed by atoms with Crippen molar-refractivity contribution in [3.05, 3.63) is 77.9 Å². The summed E-state index contributed by atoms with van der Waals surface area (Å²) in [4.78, 5) is 5.10. The summed E-state index contributed by atoms with van der Waals surface area (Å²) in [6, 6.07) is 23.7. The standard InChI is InChI=1S/C27H31N3O2/c1-31-26-13-12-20(17-23(26)28)14-16-29-15-6-8-22(29)18-30-24-9-3-2-7-21(24)19-32-27-11-5-4-10-25(27)30/h2-5,7,9-13,17,22H,6,8,14-16,18-19,28H2,1H3. The molecule has 1 fully saturated rings. The van der Waals surface area contributed by atoms with Crippen LogP contribution in [0.15, 0.2) is 66.7 Å². The molecular formula is C27H31N3O2. The molecule has 0 aliphatic carbocycles. The SMILES string of the molecule is COc1ccc(CCN2CCCC2CN2c3ccccc3COc3ccccc32)cc1N. The molecule has 2 heterocycles. The Balaban J connectivity index is 1.35. The third-order valence-corrected chi connectivity index (χ3v) is 6.70. The summed E-state index contributed by atoms with van der Waals surface area (Å²) in [6.45, 7) is 3.74. The molecule has 2 aliphatic heterocycles. The maximum Gasteiger partial charge on any atom is 0.143 e. The van der Waals surface area contributed by atoms with Crippen molar-refractivity contribution in [2.45, 2.75) is 31.9 Å². The molecular weight excluding hydrogens is 398 g/mol. The molecule has 1 saturated heterocycles. The number of benzene rings is 3. The van der Waals surface area contributed by atoms with Gasteiger partial charge in [-0.1, -0.05) is 36.4 Å². The van der Waals surface area contributed by atoms with Crippen LogP contribution in [0.3, 0.4) is 0 Å². The molecule has 166 valence electrons. The fourth-order valence-electron chi connectivity index (χ4n) is 5.00. The van der Waals surface area contributed by atoms with Crippen LogP contribution < -0.4 is 20.1 Å². The van der Waals surface area contributed by atoms with E-state index in [1.165, 1.54) is 29.7 Å². The van der Waals surface area contributed by atoms with E-state index in [1.807, 2.05) is 12.1 Å². The fourth-order valence-corrected chi connectivity index (χ4v) is 5.00. The van der Waals surface area contributed by atoms with E-state index < -0.39 is 0 Å². The van der Waals surface area contributed by atoms with Crippen molar-refractivity contribution < 1.29 is 9.47 Å². The van der Waals surface area contributed by atoms with Gasteiger partial charge in [0, 0.05) is 30.4 Å². The van der Waals surface area contributed by atoms with Gasteiger partial charge in [0.05, 0.1) is 18.5 Å². The van der Waals surface area contributed by atoms with Crippen molar-refractivity contribution in [2.24, 2.45) is 0 Å². The van der Waals surface area contributed by atoms with Crippen LogP contribution in [-0.2, 0) is 13.0 Å². The van der Waals surface area contributed by atoms with Gasteiger partial charge in [-0.3, -0.25) is 4.90 Å². The van der Waals surface area contributed by atoms with Crippen molar-refractivity contribution in [2.75, 3.05) is 37.4 Å². The Hall–Kier alpha value is -3.18. The van der Waals surface area contributed by atoms with Crippen molar-refractivity contribution in [1.29, 1.82) is 0 Å². The maximum atomic E-state index is 6.15. The molecule has 5 nitrogen and oxygen atoms in total. The quantitative estimate of drug-likeness (QED) is 0.558. The second-order valence-electron chi connectivity index (χ2n) is 8.65. The lowest BCUT2D eigenvalue weighted by atomic mass is 10.1. The number of nitrogens with two attached hydrogens (primary N) is 1. The molecule has 2 N–H and O–H groups in total. The number of fused-ring (bicyclic) bond motifs is 2. The zero-order valence-corrected chi connectivity index (χ0v) is 18.7. The Morgan fingerprint density at radius 2 is 1.84 bits per heavy atom. The zero-order valence-electron chi connectivity index (χ0n) is 18.7. The van der Waals surface area contributed by atoms with Gasteiger partial charge in [0.25, 0.3) is 0 Å². The molecule has 5 heteroatoms. The number of hydrogen-bond acceptors (Lipinski definition) is 5. The minimum absolute atomic E-state index is 0.504. The lowest BCUT2D eigenvalue weighted by molar-refractivity contribution is 0.261. The number of nitrogens with zero attached hydrogens (tertiary/aromatic N) is 2. The van der Waals surface area contributed by atoms with Crippen LogP contribution >= 0.6 is 0 Å². The Labute approximate surface area is 190 Å². The first-order valence-corrected chi connectivity index (χ1v) is 11.5. The van der Waals surface area contributed by atoms with Crippen molar-refractivity contribution >= 4 is 17.1 Å². The molecule has 0 spiro atoms. The van der Waals surface area contributed by atoms with Gasteiger partial charge >= 0.3 is 0 Å². The smallest absolute Gasteiger partial charge is 0.143 e. The van der Waals surface area contributed by atoms with Gasteiger partial charge in [-0.2, -0.15) is 0 Å². The number of ether oxygens (including phenoxy) is 2. The van der Waals surface area contributed by atoms with Crippen LogP contribution in [0.2, 0.25) is 0 Å². The van der Waals surface area contributed by atoms with Crippen molar-refractivity contribution in [1.82, 2.24) is 4.90 Å². The number of para-hydroxylation sites is 3. The van der Waals surface area contributed by atoms with E-state index in [1.54, 1.807) is 7.11 Å². The Morgan fingerprint density at radius 1 is 1.03 bits per heavy atom. The maximum absolute atomic E-state index is 6.15. The van der Waals surface area contributed by atoms with Gasteiger partial charge < -0.3 is 20.1 Å². The fraction of sp³-hybridized carbons (Fsp3) is 0.333. The Morgan fingerprint density at radius 3 is 2.69 bits per heavy atom. The minimum atomic E-state index is 0.504. The first-order valence-electron chi connectivity index (χ1n) is 11.5. The first-order chi connectivity index (χ1) is 15.7. The van der Waals surface area contributed by atoms with Crippen molar-refractivity contribution in [3.63, 3.8) is 0 Å². The molecule has 0 aromatic heterocycles. The van der Waals surface area contributed by atoms with E-state index in [0.717, 1.165) is 43.2 Å². The van der Waals surface area contributed by atoms with Crippen LogP contribution in [0.1, 0.15) is 24.0 Å². The van der Waals surface area contributed by atoms with Crippen LogP contribution in [0.5, 0.6) is 11.5 Å². The number of hydrogen-bond donors (Lipinski definition) is 1. The molecule has 0 bridgehead atoms. The molecule has 0 amide bonds. The summed E-state index contributed by atoms with van der Waals surface area (Å²) in [5, 5.41) is 0. The normalized spacial score (nSPS) is 17.9. The number of nitrogen functional groups attached to an aromatic ring is 1. The van der Waals surface area contributed by atoms with Gasteiger partial charge in [-0.05, 0) is 61.7 Å². The second kappa shape index (κ2) is 9.13. The molecule has 32 heavy (non-hydrogen) atoms. The number of methoxy groups -OCH3 is 1. The second-order valence-corrected chi connectivity index (χ2v) is 8.65. The molecule has 1 atom stereocenters. The highest BCUT2D eigenvalue weighted by atomic mass is 16.5. The third kappa shape index (κ3) is 4.13. The molecule has 3 aromatic carbocycles. The summed E-state index contributed by atoms with van der Waals surface area (Å²) in [6.07, 6.45) is 3.44. The first kappa shape index (κ1) is 20.7. The van der Waals surface area contributed by atoms with Gasteiger partial charge in [0.15, 0.2) is 0 Å². The summed E-state index contributed by atoms with van der Waals surface area (Å²) < 4.78 is 11.5. The van der Waals surface area contributed by atoms with E-state index in [9.17, 15) is 0 Å². The lowest BCUT2D eigenvalue weighted by Crippen LogP contribution is -2.39. The molecule has 0 radical (unpaired) electrons. The van der Waals surface area contributed by atoms with E-state index in [-0.39, 0.29) is 0 Å². The highest BCUT2D eigenvalue weighted by Crippen LogP contribution is 2.40. The molecule has 3 aromatic rings. The van der Waals surface area contributed by atoms with Crippen LogP contribution in [0.25, 0.3) is 0 Å². The van der Waals surface area contributed by atoms with Crippen molar-refractivity contribution in [3.8, 4) is 11.5 Å². The predicted molar refractivity (Wildman–Crippen MR) is 130 cm³/mol. The van der Waals surface area contributed by atoms with E-state index in [2.05, 4.69) is 64.4 Å². The molecule has 0 saturated carbocycles. The van der Waals surface area contributed by atoms with Gasteiger partial charge in [0.2, 0.25) is 0 Å². The average Bonchev–Trinajstić information content (AvgIpc) is 3.21. The van der Waals surface area contributed by atoms with E-state index >= 15 is 0 Å². The van der Waals surface area contributed by atoms with E-state index in [0.29, 0.717) is 18.3 Å². The molecule has 5 rings (SSSR count). The van der Waals surface area contributed by atoms with Crippen LogP contribution in [-0.4, -0.2) is 37.7 Å². The summed E-state index contributed by atoms with van der Waals surface area (Å²) >= 11 is 0. The predicted octanol–water partition coefficient (Wildman–Crippen LogP) is 5.02. The molecule has 1 unspecified atom stereocenters. The van der Waals surface area contributed by atoms with E-state index in [4.69, 9.17) is 15.2 Å². The van der Waals surface area contributed by atoms with Gasteiger partial charge in [-0.15, -0.1) is 0 Å². The van der Waals surface area contributed by atoms with Crippen LogP contribution in [0.4, 0.5) is 17.1 Å². The monoisotopic (exact) mass is 429 g/mol. The number of likely N-dealkylation sites (tertiary alicyclic amines) is 1. The van der Waals surface area contributed by atoms with Gasteiger partial charge in [0.1, 0.15) is 18.1 Å². The highest BCUT2D eigenvalue weighted by molar-refractivity contribution is 5.72. The van der Waals surface area contributed by atoms with Crippen LogP contribution in [0, 0.1) is 0 Å². The zero-order chi connectivity index (χ0) is 21.9. The summed E-state index contributed by atoms with van der Waals surface area (Å²) in [5.74, 6) is 1.70. The largest absolute Gasteiger partial charge is 0.495 e. The Bertz CT molecular complexity index is 1040. The average molecular weight is 430 g/mol. The highest BCUT2D eigenvalue weighted by Gasteiger charge is 2.29. The Kier molecular flexibility index (Phi) is 5.91.